The average molecular weight is 613 g/mol. The summed E-state index contributed by atoms with van der Waals surface area (Å²) < 4.78 is 18.1. The van der Waals surface area contributed by atoms with Crippen molar-refractivity contribution in [2.24, 2.45) is 23.7 Å². The van der Waals surface area contributed by atoms with E-state index >= 15 is 0 Å². The van der Waals surface area contributed by atoms with Crippen molar-refractivity contribution in [2.45, 2.75) is 110 Å². The smallest absolute Gasteiger partial charge is 0.335 e. The van der Waals surface area contributed by atoms with E-state index in [0.29, 0.717) is 24.4 Å². The van der Waals surface area contributed by atoms with Crippen molar-refractivity contribution in [2.75, 3.05) is 20.0 Å². The van der Waals surface area contributed by atoms with Crippen LogP contribution in [0.1, 0.15) is 110 Å². The fraction of sp³-hybridized carbons (Fsp3) is 0.657. The van der Waals surface area contributed by atoms with Crippen LogP contribution in [-0.2, 0) is 38.1 Å². The average Bonchev–Trinajstić information content (AvgIpc) is 3.61. The van der Waals surface area contributed by atoms with Crippen molar-refractivity contribution in [3.8, 4) is 0 Å². The minimum Gasteiger partial charge on any atom is -0.463 e. The van der Waals surface area contributed by atoms with Crippen LogP contribution in [-0.4, -0.2) is 43.9 Å². The molecule has 3 saturated carbocycles. The van der Waals surface area contributed by atoms with Gasteiger partial charge in [-0.2, -0.15) is 0 Å². The van der Waals surface area contributed by atoms with Crippen molar-refractivity contribution < 1.29 is 38.1 Å². The Morgan fingerprint density at radius 2 is 0.814 bits per heavy atom. The molecule has 0 amide bonds. The molecule has 0 aromatic rings. The summed E-state index contributed by atoms with van der Waals surface area (Å²) in [5.74, 6) is 3.00. The highest BCUT2D eigenvalue weighted by Crippen LogP contribution is 2.58. The third-order valence-electron chi connectivity index (χ3n) is 6.67. The zero-order valence-electron chi connectivity index (χ0n) is 24.8. The Labute approximate surface area is 264 Å². The highest BCUT2D eigenvalue weighted by Gasteiger charge is 2.48. The molecule has 3 rings (SSSR count). The van der Waals surface area contributed by atoms with Gasteiger partial charge in [-0.15, -0.1) is 0 Å². The topological polar surface area (TPSA) is 105 Å². The molecule has 3 aliphatic carbocycles. The van der Waals surface area contributed by atoms with Crippen LogP contribution in [0.15, 0.2) is 48.6 Å². The first kappa shape index (κ1) is 49.5. The number of hydrogen-bond donors (Lipinski definition) is 0. The van der Waals surface area contributed by atoms with Gasteiger partial charge in [-0.1, -0.05) is 62.4 Å². The lowest BCUT2D eigenvalue weighted by Gasteiger charge is -2.23. The van der Waals surface area contributed by atoms with Crippen molar-refractivity contribution >= 4 is 23.9 Å². The molecular formula is C35H64O8. The minimum atomic E-state index is -0.588. The van der Waals surface area contributed by atoms with E-state index in [2.05, 4.69) is 45.3 Å². The Morgan fingerprint density at radius 1 is 0.535 bits per heavy atom. The Morgan fingerprint density at radius 3 is 1.05 bits per heavy atom. The number of esters is 4. The second kappa shape index (κ2) is 26.5. The molecule has 0 aliphatic heterocycles. The molecule has 0 N–H and O–H groups in total. The summed E-state index contributed by atoms with van der Waals surface area (Å²) in [5, 5.41) is 0. The summed E-state index contributed by atoms with van der Waals surface area (Å²) in [5.41, 5.74) is 1.41. The van der Waals surface area contributed by atoms with Gasteiger partial charge in [0.1, 0.15) is 0 Å². The highest BCUT2D eigenvalue weighted by atomic mass is 16.7. The molecule has 0 spiro atoms. The summed E-state index contributed by atoms with van der Waals surface area (Å²) in [6.07, 6.45) is 9.53. The SMILES string of the molecule is C.C.C.C.C1C[C@@H]2C3CCC(C3)[C@@H]2C1.C=C(C)C(=O)OCC.C=C(C)C(=O)OCC.C=C(C)C(=O)OCOC(=O)C(=C)C. The summed E-state index contributed by atoms with van der Waals surface area (Å²) in [7, 11) is 0. The van der Waals surface area contributed by atoms with Crippen molar-refractivity contribution in [1.29, 1.82) is 0 Å². The number of carbonyl (C=O) groups excluding carboxylic acids is 4. The van der Waals surface area contributed by atoms with E-state index in [9.17, 15) is 19.2 Å². The maximum atomic E-state index is 10.8. The molecule has 0 radical (unpaired) electrons. The molecule has 0 aromatic heterocycles. The van der Waals surface area contributed by atoms with Gasteiger partial charge >= 0.3 is 23.9 Å². The molecule has 8 heteroatoms. The molecular weight excluding hydrogens is 548 g/mol. The minimum absolute atomic E-state index is 0. The number of carbonyl (C=O) groups is 4. The van der Waals surface area contributed by atoms with Gasteiger partial charge < -0.3 is 18.9 Å². The fourth-order valence-corrected chi connectivity index (χ4v) is 4.91. The van der Waals surface area contributed by atoms with E-state index in [1.54, 1.807) is 66.2 Å². The van der Waals surface area contributed by atoms with E-state index < -0.39 is 18.7 Å². The molecule has 43 heavy (non-hydrogen) atoms. The van der Waals surface area contributed by atoms with Crippen LogP contribution < -0.4 is 0 Å². The summed E-state index contributed by atoms with van der Waals surface area (Å²) in [4.78, 5) is 42.4. The van der Waals surface area contributed by atoms with Crippen molar-refractivity contribution in [1.82, 2.24) is 0 Å². The lowest BCUT2D eigenvalue weighted by Crippen LogP contribution is -2.15. The first-order valence-corrected chi connectivity index (χ1v) is 13.6. The van der Waals surface area contributed by atoms with Crippen LogP contribution in [0.25, 0.3) is 0 Å². The van der Waals surface area contributed by atoms with Crippen LogP contribution in [0, 0.1) is 23.7 Å². The van der Waals surface area contributed by atoms with Crippen LogP contribution in [0.4, 0.5) is 0 Å². The van der Waals surface area contributed by atoms with Gasteiger partial charge in [0.2, 0.25) is 6.79 Å². The first-order chi connectivity index (χ1) is 18.3. The summed E-state index contributed by atoms with van der Waals surface area (Å²) in [6.45, 7) is 23.7. The predicted molar refractivity (Wildman–Crippen MR) is 178 cm³/mol. The zero-order valence-corrected chi connectivity index (χ0v) is 24.8. The number of fused-ring (bicyclic) bond motifs is 5. The second-order valence-corrected chi connectivity index (χ2v) is 10.1. The van der Waals surface area contributed by atoms with Crippen LogP contribution in [0.2, 0.25) is 0 Å². The lowest BCUT2D eigenvalue weighted by molar-refractivity contribution is -0.161. The molecule has 252 valence electrons. The molecule has 8 nitrogen and oxygen atoms in total. The van der Waals surface area contributed by atoms with E-state index in [1.165, 1.54) is 37.5 Å². The third-order valence-corrected chi connectivity index (χ3v) is 6.67. The monoisotopic (exact) mass is 612 g/mol. The fourth-order valence-electron chi connectivity index (χ4n) is 4.91. The first-order valence-electron chi connectivity index (χ1n) is 13.6. The molecule has 2 unspecified atom stereocenters. The Bertz CT molecular complexity index is 832. The number of rotatable bonds is 8. The summed E-state index contributed by atoms with van der Waals surface area (Å²) >= 11 is 0. The van der Waals surface area contributed by atoms with Crippen molar-refractivity contribution in [3.05, 3.63) is 48.6 Å². The quantitative estimate of drug-likeness (QED) is 0.116. The second-order valence-electron chi connectivity index (χ2n) is 10.1. The Kier molecular flexibility index (Phi) is 30.5. The van der Waals surface area contributed by atoms with Gasteiger partial charge in [-0.25, -0.2) is 19.2 Å². The standard InChI is InChI=1S/C10H16.C9H12O4.2C6H10O2.4CH4/c1-2-9-7-4-5-8(6-7)10(9)3-1;1-6(2)8(10)12-5-13-9(11)7(3)4;2*1-4-8-6(7)5(2)3;;;;/h7-10H,1-6H2;1,3,5H2,2,4H3;2*2,4H2,1,3H3;4*1H4/t7?,8?,9-,10+;;;;;;;. The van der Waals surface area contributed by atoms with Gasteiger partial charge in [0.25, 0.3) is 0 Å². The van der Waals surface area contributed by atoms with Gasteiger partial charge in [0.05, 0.1) is 13.2 Å². The van der Waals surface area contributed by atoms with E-state index in [-0.39, 0.29) is 52.8 Å². The Hall–Kier alpha value is -3.16. The van der Waals surface area contributed by atoms with Gasteiger partial charge in [0, 0.05) is 22.3 Å². The van der Waals surface area contributed by atoms with Crippen molar-refractivity contribution in [3.63, 3.8) is 0 Å². The van der Waals surface area contributed by atoms with Crippen LogP contribution >= 0.6 is 0 Å². The lowest BCUT2D eigenvalue weighted by atomic mass is 9.82. The van der Waals surface area contributed by atoms with E-state index in [0.717, 1.165) is 0 Å². The normalized spacial score (nSPS) is 19.1. The number of ether oxygens (including phenoxy) is 4. The highest BCUT2D eigenvalue weighted by molar-refractivity contribution is 5.88. The zero-order chi connectivity index (χ0) is 30.1. The largest absolute Gasteiger partial charge is 0.463 e. The van der Waals surface area contributed by atoms with E-state index in [1.807, 2.05) is 0 Å². The van der Waals surface area contributed by atoms with E-state index in [4.69, 9.17) is 0 Å². The maximum Gasteiger partial charge on any atom is 0.335 e. The molecule has 3 aliphatic rings. The molecule has 3 fully saturated rings. The molecule has 4 atom stereocenters. The van der Waals surface area contributed by atoms with Gasteiger partial charge in [-0.05, 0) is 97.3 Å². The predicted octanol–water partition coefficient (Wildman–Crippen LogP) is 8.81. The molecule has 0 saturated heterocycles. The van der Waals surface area contributed by atoms with Crippen LogP contribution in [0.3, 0.4) is 0 Å². The maximum absolute atomic E-state index is 10.8. The Balaban J connectivity index is -0.000000147. The molecule has 2 bridgehead atoms. The third kappa shape index (κ3) is 19.6. The number of hydrogen-bond acceptors (Lipinski definition) is 8. The van der Waals surface area contributed by atoms with Crippen LogP contribution in [0.5, 0.6) is 0 Å². The molecule has 0 aromatic carbocycles. The van der Waals surface area contributed by atoms with Gasteiger partial charge in [-0.3, -0.25) is 0 Å². The molecule has 0 heterocycles. The van der Waals surface area contributed by atoms with Gasteiger partial charge in [0.15, 0.2) is 0 Å². The summed E-state index contributed by atoms with van der Waals surface area (Å²) in [6, 6.07) is 0.